The summed E-state index contributed by atoms with van der Waals surface area (Å²) in [6, 6.07) is 11.8. The standard InChI is InChI=1S/C13H8ClN3S/c14-11-10(8-4-2-1-3-5-8)6-9-7-15-13(18)17-12(9)16-11/h1-7H,(H,15,16,17,18). The van der Waals surface area contributed by atoms with Crippen molar-refractivity contribution in [3.63, 3.8) is 0 Å². The van der Waals surface area contributed by atoms with Crippen molar-refractivity contribution < 1.29 is 0 Å². The highest BCUT2D eigenvalue weighted by atomic mass is 35.5. The average Bonchev–Trinajstić information content (AvgIpc) is 2.39. The smallest absolute Gasteiger partial charge is 0.186 e. The first-order valence-corrected chi connectivity index (χ1v) is 6.14. The van der Waals surface area contributed by atoms with E-state index >= 15 is 0 Å². The Labute approximate surface area is 114 Å². The van der Waals surface area contributed by atoms with E-state index in [1.807, 2.05) is 36.4 Å². The molecule has 0 aliphatic heterocycles. The van der Waals surface area contributed by atoms with Gasteiger partial charge in [0, 0.05) is 17.1 Å². The summed E-state index contributed by atoms with van der Waals surface area (Å²) in [5, 5.41) is 1.66. The number of benzene rings is 1. The van der Waals surface area contributed by atoms with Gasteiger partial charge in [-0.05, 0) is 11.6 Å². The molecule has 0 atom stereocenters. The lowest BCUT2D eigenvalue weighted by molar-refractivity contribution is 0.997. The molecule has 0 fully saturated rings. The molecule has 0 unspecified atom stereocenters. The maximum Gasteiger partial charge on any atom is 0.186 e. The van der Waals surface area contributed by atoms with Gasteiger partial charge in [0.1, 0.15) is 5.15 Å². The van der Waals surface area contributed by atoms with Crippen molar-refractivity contribution in [2.45, 2.75) is 5.16 Å². The molecule has 0 bridgehead atoms. The van der Waals surface area contributed by atoms with E-state index in [1.54, 1.807) is 6.20 Å². The van der Waals surface area contributed by atoms with Gasteiger partial charge in [0.15, 0.2) is 10.8 Å². The Bertz CT molecular complexity index is 716. The number of hydrogen-bond acceptors (Lipinski definition) is 4. The number of thiol groups is 1. The lowest BCUT2D eigenvalue weighted by atomic mass is 10.1. The Morgan fingerprint density at radius 2 is 1.83 bits per heavy atom. The van der Waals surface area contributed by atoms with Crippen LogP contribution in [-0.4, -0.2) is 15.0 Å². The van der Waals surface area contributed by atoms with E-state index in [2.05, 4.69) is 27.6 Å². The van der Waals surface area contributed by atoms with Crippen LogP contribution in [0.5, 0.6) is 0 Å². The van der Waals surface area contributed by atoms with Crippen LogP contribution in [0.3, 0.4) is 0 Å². The fourth-order valence-electron chi connectivity index (χ4n) is 1.75. The van der Waals surface area contributed by atoms with Gasteiger partial charge in [0.05, 0.1) is 0 Å². The Morgan fingerprint density at radius 1 is 1.06 bits per heavy atom. The summed E-state index contributed by atoms with van der Waals surface area (Å²) in [5.41, 5.74) is 2.45. The number of halogens is 1. The Hall–Kier alpha value is -1.65. The van der Waals surface area contributed by atoms with Crippen LogP contribution in [0.25, 0.3) is 22.2 Å². The largest absolute Gasteiger partial charge is 0.231 e. The third kappa shape index (κ3) is 2.05. The van der Waals surface area contributed by atoms with Gasteiger partial charge in [-0.3, -0.25) is 0 Å². The second kappa shape index (κ2) is 4.55. The first-order valence-electron chi connectivity index (χ1n) is 5.32. The monoisotopic (exact) mass is 273 g/mol. The third-order valence-electron chi connectivity index (χ3n) is 2.59. The SMILES string of the molecule is Sc1ncc2cc(-c3ccccc3)c(Cl)nc2n1. The minimum atomic E-state index is 0.388. The van der Waals surface area contributed by atoms with Crippen molar-refractivity contribution in [3.8, 4) is 11.1 Å². The molecule has 3 nitrogen and oxygen atoms in total. The van der Waals surface area contributed by atoms with E-state index in [0.717, 1.165) is 16.5 Å². The van der Waals surface area contributed by atoms with Gasteiger partial charge in [-0.25, -0.2) is 15.0 Å². The number of pyridine rings is 1. The van der Waals surface area contributed by atoms with Gasteiger partial charge in [0.2, 0.25) is 0 Å². The van der Waals surface area contributed by atoms with Gasteiger partial charge in [-0.2, -0.15) is 0 Å². The fourth-order valence-corrected chi connectivity index (χ4v) is 2.15. The second-order valence-electron chi connectivity index (χ2n) is 3.78. The molecule has 2 heterocycles. The van der Waals surface area contributed by atoms with Crippen LogP contribution in [0.2, 0.25) is 5.15 Å². The molecule has 5 heteroatoms. The highest BCUT2D eigenvalue weighted by Crippen LogP contribution is 2.28. The number of rotatable bonds is 1. The molecule has 0 amide bonds. The summed E-state index contributed by atoms with van der Waals surface area (Å²) in [7, 11) is 0. The Kier molecular flexibility index (Phi) is 2.89. The van der Waals surface area contributed by atoms with Crippen LogP contribution in [0.4, 0.5) is 0 Å². The molecule has 3 aromatic rings. The minimum absolute atomic E-state index is 0.388. The quantitative estimate of drug-likeness (QED) is 0.418. The number of aromatic nitrogens is 3. The topological polar surface area (TPSA) is 38.7 Å². The number of fused-ring (bicyclic) bond motifs is 1. The fraction of sp³-hybridized carbons (Fsp3) is 0. The third-order valence-corrected chi connectivity index (χ3v) is 3.10. The van der Waals surface area contributed by atoms with Gasteiger partial charge >= 0.3 is 0 Å². The molecular weight excluding hydrogens is 266 g/mol. The molecule has 3 rings (SSSR count). The van der Waals surface area contributed by atoms with Gasteiger partial charge in [0.25, 0.3) is 0 Å². The van der Waals surface area contributed by atoms with Gasteiger partial charge in [-0.15, -0.1) is 12.6 Å². The predicted octanol–water partition coefficient (Wildman–Crippen LogP) is 3.63. The van der Waals surface area contributed by atoms with Crippen LogP contribution < -0.4 is 0 Å². The van der Waals surface area contributed by atoms with Crippen molar-refractivity contribution in [2.24, 2.45) is 0 Å². The molecule has 18 heavy (non-hydrogen) atoms. The maximum atomic E-state index is 6.19. The van der Waals surface area contributed by atoms with Crippen molar-refractivity contribution in [2.75, 3.05) is 0 Å². The highest BCUT2D eigenvalue weighted by molar-refractivity contribution is 7.80. The van der Waals surface area contributed by atoms with Crippen molar-refractivity contribution >= 4 is 35.3 Å². The summed E-state index contributed by atoms with van der Waals surface area (Å²) in [4.78, 5) is 12.4. The molecular formula is C13H8ClN3S. The Morgan fingerprint density at radius 3 is 2.61 bits per heavy atom. The van der Waals surface area contributed by atoms with Crippen LogP contribution >= 0.6 is 24.2 Å². The maximum absolute atomic E-state index is 6.19. The number of nitrogens with zero attached hydrogens (tertiary/aromatic N) is 3. The van der Waals surface area contributed by atoms with E-state index < -0.39 is 0 Å². The van der Waals surface area contributed by atoms with E-state index in [0.29, 0.717) is 16.0 Å². The molecule has 0 saturated carbocycles. The molecule has 0 radical (unpaired) electrons. The van der Waals surface area contributed by atoms with Gasteiger partial charge in [-0.1, -0.05) is 41.9 Å². The Balaban J connectivity index is 2.25. The molecule has 0 aliphatic rings. The van der Waals surface area contributed by atoms with Crippen molar-refractivity contribution in [3.05, 3.63) is 47.7 Å². The molecule has 0 saturated heterocycles. The minimum Gasteiger partial charge on any atom is -0.231 e. The van der Waals surface area contributed by atoms with Crippen LogP contribution in [-0.2, 0) is 0 Å². The first-order chi connectivity index (χ1) is 8.74. The highest BCUT2D eigenvalue weighted by Gasteiger charge is 2.08. The lowest BCUT2D eigenvalue weighted by Gasteiger charge is -2.05. The average molecular weight is 274 g/mol. The summed E-state index contributed by atoms with van der Waals surface area (Å²) in [6.07, 6.45) is 1.69. The summed E-state index contributed by atoms with van der Waals surface area (Å²) >= 11 is 10.3. The lowest BCUT2D eigenvalue weighted by Crippen LogP contribution is -1.91. The molecule has 0 aliphatic carbocycles. The molecule has 0 spiro atoms. The molecule has 2 aromatic heterocycles. The first kappa shape index (κ1) is 11.4. The molecule has 1 aromatic carbocycles. The van der Waals surface area contributed by atoms with E-state index in [1.165, 1.54) is 0 Å². The second-order valence-corrected chi connectivity index (χ2v) is 4.53. The summed E-state index contributed by atoms with van der Waals surface area (Å²) < 4.78 is 0. The van der Waals surface area contributed by atoms with E-state index in [4.69, 9.17) is 11.6 Å². The van der Waals surface area contributed by atoms with Crippen molar-refractivity contribution in [1.29, 1.82) is 0 Å². The zero-order valence-corrected chi connectivity index (χ0v) is 10.9. The van der Waals surface area contributed by atoms with Gasteiger partial charge < -0.3 is 0 Å². The normalized spacial score (nSPS) is 10.8. The van der Waals surface area contributed by atoms with Crippen LogP contribution in [0, 0.1) is 0 Å². The summed E-state index contributed by atoms with van der Waals surface area (Å²) in [5.74, 6) is 0. The zero-order valence-electron chi connectivity index (χ0n) is 9.21. The van der Waals surface area contributed by atoms with E-state index in [-0.39, 0.29) is 0 Å². The van der Waals surface area contributed by atoms with Crippen LogP contribution in [0.1, 0.15) is 0 Å². The molecule has 88 valence electrons. The predicted molar refractivity (Wildman–Crippen MR) is 75.0 cm³/mol. The molecule has 0 N–H and O–H groups in total. The number of hydrogen-bond donors (Lipinski definition) is 1. The summed E-state index contributed by atoms with van der Waals surface area (Å²) in [6.45, 7) is 0. The van der Waals surface area contributed by atoms with Crippen LogP contribution in [0.15, 0.2) is 47.8 Å². The van der Waals surface area contributed by atoms with E-state index in [9.17, 15) is 0 Å². The zero-order chi connectivity index (χ0) is 12.5. The van der Waals surface area contributed by atoms with Crippen molar-refractivity contribution in [1.82, 2.24) is 15.0 Å².